The molecule has 0 saturated heterocycles. The number of hydrogen-bond donors (Lipinski definition) is 1. The van der Waals surface area contributed by atoms with Crippen molar-refractivity contribution < 1.29 is 9.90 Å². The van der Waals surface area contributed by atoms with Crippen molar-refractivity contribution in [3.8, 4) is 5.75 Å². The van der Waals surface area contributed by atoms with Gasteiger partial charge in [0.25, 0.3) is 0 Å². The van der Waals surface area contributed by atoms with E-state index in [1.807, 2.05) is 43.9 Å². The fourth-order valence-corrected chi connectivity index (χ4v) is 4.83. The van der Waals surface area contributed by atoms with Crippen molar-refractivity contribution in [2.45, 2.75) is 52.9 Å². The van der Waals surface area contributed by atoms with Gasteiger partial charge in [0, 0.05) is 0 Å². The van der Waals surface area contributed by atoms with Crippen LogP contribution in [0.5, 0.6) is 5.75 Å². The molecular weight excluding hydrogens is 421 g/mol. The minimum atomic E-state index is -0.0812. The molecule has 5 heteroatoms. The number of rotatable bonds is 9. The number of carbonyl (C=O) groups is 1. The zero-order chi connectivity index (χ0) is 20.4. The molecule has 3 nitrogen and oxygen atoms in total. The molecule has 150 valence electrons. The Kier molecular flexibility index (Phi) is 10.9. The van der Waals surface area contributed by atoms with Crippen molar-refractivity contribution in [2.24, 2.45) is 5.92 Å². The molecule has 0 atom stereocenters. The molecule has 1 aromatic heterocycles. The van der Waals surface area contributed by atoms with Crippen molar-refractivity contribution in [3.63, 3.8) is 0 Å². The molecule has 0 aliphatic rings. The molecule has 1 heterocycles. The number of hydrogen-bond acceptors (Lipinski definition) is 4. The fourth-order valence-electron chi connectivity index (χ4n) is 2.70. The first-order valence-electron chi connectivity index (χ1n) is 9.60. The van der Waals surface area contributed by atoms with E-state index in [0.717, 1.165) is 23.5 Å². The summed E-state index contributed by atoms with van der Waals surface area (Å²) in [6.07, 6.45) is 2.44. The molecule has 1 N–H and O–H groups in total. The molecule has 0 aliphatic heterocycles. The standard InChI is InChI=1S/C20H27NO2SSe.C2H6/c1-14(2)7-6-12-21(3)13-15-10-11-17(24-15)19(22)16-8-5-9-18(25-4)20(16)23;1-2/h5,8-11,14,23H,6-7,12-13H2,1-4H3;1-2H3. The van der Waals surface area contributed by atoms with Crippen molar-refractivity contribution in [2.75, 3.05) is 13.6 Å². The summed E-state index contributed by atoms with van der Waals surface area (Å²) in [5.41, 5.74) is 0.417. The minimum absolute atomic E-state index is 0.0812. The van der Waals surface area contributed by atoms with Crippen LogP contribution in [0, 0.1) is 5.92 Å². The predicted octanol–water partition coefficient (Wildman–Crippen LogP) is 4.96. The summed E-state index contributed by atoms with van der Waals surface area (Å²) in [7, 11) is 2.13. The second kappa shape index (κ2) is 12.4. The van der Waals surface area contributed by atoms with E-state index in [-0.39, 0.29) is 26.5 Å². The Bertz CT molecular complexity index is 712. The summed E-state index contributed by atoms with van der Waals surface area (Å²) in [5, 5.41) is 10.3. The van der Waals surface area contributed by atoms with Crippen molar-refractivity contribution in [1.29, 1.82) is 0 Å². The van der Waals surface area contributed by atoms with Crippen LogP contribution in [0.4, 0.5) is 0 Å². The second-order valence-electron chi connectivity index (χ2n) is 6.73. The van der Waals surface area contributed by atoms with Gasteiger partial charge in [-0.1, -0.05) is 27.7 Å². The Hall–Kier alpha value is -1.13. The van der Waals surface area contributed by atoms with Crippen LogP contribution in [0.2, 0.25) is 5.82 Å². The monoisotopic (exact) mass is 455 g/mol. The van der Waals surface area contributed by atoms with E-state index in [2.05, 4.69) is 25.8 Å². The zero-order valence-corrected chi connectivity index (χ0v) is 19.9. The van der Waals surface area contributed by atoms with Gasteiger partial charge in [0.2, 0.25) is 0 Å². The number of thiophene rings is 1. The first-order chi connectivity index (χ1) is 12.9. The SMILES string of the molecule is CC.C[Se]c1cccc(C(=O)c2ccc(CN(C)CCCC(C)C)s2)c1O. The number of carbonyl (C=O) groups excluding carboxylic acids is 1. The quantitative estimate of drug-likeness (QED) is 0.430. The average Bonchev–Trinajstić information content (AvgIpc) is 3.11. The van der Waals surface area contributed by atoms with Gasteiger partial charge in [0.1, 0.15) is 0 Å². The van der Waals surface area contributed by atoms with Gasteiger partial charge in [-0.2, -0.15) is 0 Å². The predicted molar refractivity (Wildman–Crippen MR) is 119 cm³/mol. The van der Waals surface area contributed by atoms with E-state index >= 15 is 0 Å². The van der Waals surface area contributed by atoms with Crippen molar-refractivity contribution in [3.05, 3.63) is 45.6 Å². The number of ketones is 1. The van der Waals surface area contributed by atoms with Gasteiger partial charge in [-0.3, -0.25) is 0 Å². The topological polar surface area (TPSA) is 40.5 Å². The van der Waals surface area contributed by atoms with E-state index in [1.165, 1.54) is 29.1 Å². The number of benzene rings is 1. The van der Waals surface area contributed by atoms with Crippen LogP contribution in [0.3, 0.4) is 0 Å². The van der Waals surface area contributed by atoms with Crippen molar-refractivity contribution >= 4 is 36.5 Å². The summed E-state index contributed by atoms with van der Waals surface area (Å²) in [6.45, 7) is 10.4. The molecule has 0 amide bonds. The Morgan fingerprint density at radius 3 is 2.56 bits per heavy atom. The summed E-state index contributed by atoms with van der Waals surface area (Å²) in [6, 6.07) is 9.36. The molecule has 0 aliphatic carbocycles. The average molecular weight is 455 g/mol. The molecule has 1 aromatic carbocycles. The van der Waals surface area contributed by atoms with E-state index in [4.69, 9.17) is 0 Å². The molecular formula is C22H33NO2SSe. The second-order valence-corrected chi connectivity index (χ2v) is 9.67. The zero-order valence-electron chi connectivity index (χ0n) is 17.4. The van der Waals surface area contributed by atoms with Crippen LogP contribution in [-0.2, 0) is 6.54 Å². The molecule has 0 fully saturated rings. The van der Waals surface area contributed by atoms with Gasteiger partial charge in [0.05, 0.1) is 0 Å². The first kappa shape index (κ1) is 23.9. The Morgan fingerprint density at radius 2 is 1.93 bits per heavy atom. The third-order valence-electron chi connectivity index (χ3n) is 4.10. The van der Waals surface area contributed by atoms with Gasteiger partial charge >= 0.3 is 142 Å². The van der Waals surface area contributed by atoms with Gasteiger partial charge in [-0.05, 0) is 5.92 Å². The number of phenols is 1. The maximum absolute atomic E-state index is 12.7. The van der Waals surface area contributed by atoms with E-state index < -0.39 is 0 Å². The molecule has 0 unspecified atom stereocenters. The van der Waals surface area contributed by atoms with Crippen LogP contribution < -0.4 is 4.46 Å². The van der Waals surface area contributed by atoms with E-state index in [9.17, 15) is 9.90 Å². The number of para-hydroxylation sites is 1. The van der Waals surface area contributed by atoms with Crippen LogP contribution in [0.25, 0.3) is 0 Å². The molecule has 0 spiro atoms. The van der Waals surface area contributed by atoms with Gasteiger partial charge in [-0.25, -0.2) is 0 Å². The molecule has 0 radical (unpaired) electrons. The summed E-state index contributed by atoms with van der Waals surface area (Å²) >= 11 is 1.70. The Morgan fingerprint density at radius 1 is 1.22 bits per heavy atom. The third kappa shape index (κ3) is 7.42. The first-order valence-corrected chi connectivity index (χ1v) is 13.0. The normalized spacial score (nSPS) is 10.8. The van der Waals surface area contributed by atoms with Crippen LogP contribution in [-0.4, -0.2) is 44.3 Å². The molecule has 0 bridgehead atoms. The molecule has 0 saturated carbocycles. The van der Waals surface area contributed by atoms with Crippen LogP contribution >= 0.6 is 11.3 Å². The summed E-state index contributed by atoms with van der Waals surface area (Å²) < 4.78 is 0.875. The number of nitrogens with zero attached hydrogens (tertiary/aromatic N) is 1. The summed E-state index contributed by atoms with van der Waals surface area (Å²) in [4.78, 5) is 16.9. The van der Waals surface area contributed by atoms with Crippen LogP contribution in [0.15, 0.2) is 30.3 Å². The number of phenolic OH excluding ortho intramolecular Hbond substituents is 1. The van der Waals surface area contributed by atoms with Gasteiger partial charge in [0.15, 0.2) is 0 Å². The van der Waals surface area contributed by atoms with Crippen LogP contribution in [0.1, 0.15) is 60.6 Å². The third-order valence-corrected chi connectivity index (χ3v) is 6.78. The number of aromatic hydroxyl groups is 1. The molecule has 2 aromatic rings. The van der Waals surface area contributed by atoms with Gasteiger partial charge < -0.3 is 0 Å². The molecule has 2 rings (SSSR count). The molecule has 27 heavy (non-hydrogen) atoms. The Balaban J connectivity index is 0.00000176. The van der Waals surface area contributed by atoms with E-state index in [0.29, 0.717) is 10.4 Å². The summed E-state index contributed by atoms with van der Waals surface area (Å²) in [5.74, 6) is 2.85. The van der Waals surface area contributed by atoms with E-state index in [1.54, 1.807) is 6.07 Å². The maximum atomic E-state index is 12.7. The Labute approximate surface area is 175 Å². The van der Waals surface area contributed by atoms with Gasteiger partial charge in [-0.15, -0.1) is 0 Å². The fraction of sp³-hybridized carbons (Fsp3) is 0.500. The van der Waals surface area contributed by atoms with Crippen molar-refractivity contribution in [1.82, 2.24) is 4.90 Å².